The highest BCUT2D eigenvalue weighted by molar-refractivity contribution is 6.81. The number of nitrogens with zero attached hydrogens (tertiary/aromatic N) is 1. The van der Waals surface area contributed by atoms with Crippen LogP contribution in [0.5, 0.6) is 0 Å². The van der Waals surface area contributed by atoms with Gasteiger partial charge in [0, 0.05) is 24.7 Å². The van der Waals surface area contributed by atoms with Crippen LogP contribution in [0.25, 0.3) is 0 Å². The lowest BCUT2D eigenvalue weighted by molar-refractivity contribution is -0.00471. The molecule has 7 aliphatic carbocycles. The highest BCUT2D eigenvalue weighted by atomic mass is 28.3. The van der Waals surface area contributed by atoms with Crippen LogP contribution in [0.2, 0.25) is 23.7 Å². The lowest BCUT2D eigenvalue weighted by atomic mass is 9.73. The van der Waals surface area contributed by atoms with Gasteiger partial charge >= 0.3 is 0 Å². The Balaban J connectivity index is 1.14. The molecular weight excluding hydrogens is 599 g/mol. The Morgan fingerprint density at radius 3 is 1.65 bits per heavy atom. The van der Waals surface area contributed by atoms with Crippen LogP contribution in [0.15, 0.2) is 0 Å². The number of likely N-dealkylation sites (tertiary alicyclic amines) is 1. The molecule has 7 saturated carbocycles. The van der Waals surface area contributed by atoms with E-state index >= 15 is 0 Å². The smallest absolute Gasteiger partial charge is 0.0598 e. The van der Waals surface area contributed by atoms with Gasteiger partial charge in [0.15, 0.2) is 0 Å². The largest absolute Gasteiger partial charge is 0.376 e. The van der Waals surface area contributed by atoms with Crippen molar-refractivity contribution >= 4 is 8.07 Å². The first-order chi connectivity index (χ1) is 23.4. The molecule has 274 valence electrons. The fourth-order valence-electron chi connectivity index (χ4n) is 16.3. The van der Waals surface area contributed by atoms with Crippen LogP contribution in [-0.4, -0.2) is 43.3 Å². The average molecular weight is 678 g/mol. The Morgan fingerprint density at radius 1 is 0.521 bits per heavy atom. The van der Waals surface area contributed by atoms with E-state index in [9.17, 15) is 0 Å². The van der Waals surface area contributed by atoms with Gasteiger partial charge in [-0.15, -0.1) is 0 Å². The molecule has 3 heteroatoms. The summed E-state index contributed by atoms with van der Waals surface area (Å²) in [6.07, 6.45) is 38.7. The van der Waals surface area contributed by atoms with Crippen LogP contribution in [0.4, 0.5) is 0 Å². The average Bonchev–Trinajstić information content (AvgIpc) is 3.74. The van der Waals surface area contributed by atoms with Gasteiger partial charge in [-0.2, -0.15) is 0 Å². The molecule has 0 radical (unpaired) electrons. The van der Waals surface area contributed by atoms with Crippen LogP contribution in [-0.2, 0) is 4.74 Å². The minimum absolute atomic E-state index is 0.0142. The molecule has 2 nitrogen and oxygen atoms in total. The predicted octanol–water partition coefficient (Wildman–Crippen LogP) is 12.8. The van der Waals surface area contributed by atoms with E-state index in [0.29, 0.717) is 0 Å². The molecule has 0 spiro atoms. The zero-order valence-corrected chi connectivity index (χ0v) is 33.5. The van der Waals surface area contributed by atoms with Gasteiger partial charge < -0.3 is 4.74 Å². The minimum Gasteiger partial charge on any atom is -0.376 e. The van der Waals surface area contributed by atoms with Crippen LogP contribution in [0, 0.1) is 47.3 Å². The van der Waals surface area contributed by atoms with E-state index in [4.69, 9.17) is 4.74 Å². The highest BCUT2D eigenvalue weighted by Crippen LogP contribution is 2.72. The summed E-state index contributed by atoms with van der Waals surface area (Å²) in [6, 6.07) is 4.60. The van der Waals surface area contributed by atoms with Gasteiger partial charge in [-0.05, 0) is 131 Å². The molecule has 0 aromatic rings. The number of fused-ring (bicyclic) bond motifs is 8. The third kappa shape index (κ3) is 6.51. The summed E-state index contributed by atoms with van der Waals surface area (Å²) in [4.78, 5) is 3.43. The first-order valence-corrected chi connectivity index (χ1v) is 25.6. The molecule has 8 rings (SSSR count). The van der Waals surface area contributed by atoms with Gasteiger partial charge in [0.2, 0.25) is 0 Å². The van der Waals surface area contributed by atoms with E-state index in [2.05, 4.69) is 32.2 Å². The quantitative estimate of drug-likeness (QED) is 0.169. The van der Waals surface area contributed by atoms with Gasteiger partial charge in [-0.3, -0.25) is 4.90 Å². The van der Waals surface area contributed by atoms with E-state index in [1.165, 1.54) is 63.3 Å². The summed E-state index contributed by atoms with van der Waals surface area (Å²) < 4.78 is 6.18. The van der Waals surface area contributed by atoms with Crippen LogP contribution < -0.4 is 0 Å². The molecule has 48 heavy (non-hydrogen) atoms. The summed E-state index contributed by atoms with van der Waals surface area (Å²) in [7, 11) is -1.61. The molecule has 12 atom stereocenters. The van der Waals surface area contributed by atoms with Crippen molar-refractivity contribution in [3.63, 3.8) is 0 Å². The second kappa shape index (κ2) is 14.9. The van der Waals surface area contributed by atoms with E-state index in [1.54, 1.807) is 109 Å². The highest BCUT2D eigenvalue weighted by Gasteiger charge is 2.69. The summed E-state index contributed by atoms with van der Waals surface area (Å²) in [5.74, 6) is 8.82. The predicted molar refractivity (Wildman–Crippen MR) is 206 cm³/mol. The standard InChI is InChI=1S/C45H79NOSi/c1-45(2,3)47-30-18-5-6-19-31-48(4,43-36-25-13-10-22-33(36)34-23-11-14-26-37(34)43)44-38-27-15-12-24-35(38)42-41(44)39-28-16-17-29-40(39)46(42)32-20-8-7-9-21-32/h32-44H,5-31H2,1-4H3. The van der Waals surface area contributed by atoms with Crippen molar-refractivity contribution in [2.75, 3.05) is 6.61 Å². The number of unbranched alkanes of at least 4 members (excludes halogenated alkanes) is 3. The Morgan fingerprint density at radius 2 is 1.02 bits per heavy atom. The molecule has 1 aliphatic heterocycles. The van der Waals surface area contributed by atoms with Crippen LogP contribution in [0.1, 0.15) is 181 Å². The third-order valence-electron chi connectivity index (χ3n) is 17.5. The maximum atomic E-state index is 6.18. The fourth-order valence-corrected chi connectivity index (χ4v) is 23.9. The molecule has 1 saturated heterocycles. The monoisotopic (exact) mass is 678 g/mol. The summed E-state index contributed by atoms with van der Waals surface area (Å²) in [5.41, 5.74) is 2.35. The van der Waals surface area contributed by atoms with Gasteiger partial charge in [0.25, 0.3) is 0 Å². The van der Waals surface area contributed by atoms with Gasteiger partial charge in [0.05, 0.1) is 13.7 Å². The SMILES string of the molecule is CC(C)(C)OCCCCCC[Si](C)(C1C2CCCCC2C2CCCCC21)C1C2CCCCC2C2C1C1CCCCC1N2C1CCCCC1. The molecule has 0 aromatic carbocycles. The second-order valence-electron chi connectivity index (χ2n) is 20.8. The van der Waals surface area contributed by atoms with Gasteiger partial charge in [0.1, 0.15) is 0 Å². The normalized spacial score (nSPS) is 44.8. The van der Waals surface area contributed by atoms with E-state index in [0.717, 1.165) is 77.6 Å². The van der Waals surface area contributed by atoms with Crippen LogP contribution >= 0.6 is 0 Å². The van der Waals surface area contributed by atoms with E-state index in [-0.39, 0.29) is 5.60 Å². The maximum absolute atomic E-state index is 6.18. The first-order valence-electron chi connectivity index (χ1n) is 22.8. The Bertz CT molecular complexity index is 1020. The van der Waals surface area contributed by atoms with Crippen molar-refractivity contribution in [1.29, 1.82) is 0 Å². The lowest BCUT2D eigenvalue weighted by Crippen LogP contribution is -2.51. The van der Waals surface area contributed by atoms with E-state index < -0.39 is 8.07 Å². The molecule has 12 unspecified atom stereocenters. The molecule has 1 heterocycles. The van der Waals surface area contributed by atoms with Gasteiger partial charge in [-0.25, -0.2) is 0 Å². The molecule has 0 aromatic heterocycles. The Labute approximate surface area is 299 Å². The molecule has 8 aliphatic rings. The number of ether oxygens (including phenoxy) is 1. The van der Waals surface area contributed by atoms with E-state index in [1.807, 2.05) is 0 Å². The zero-order chi connectivity index (χ0) is 32.9. The topological polar surface area (TPSA) is 12.5 Å². The minimum atomic E-state index is -1.61. The maximum Gasteiger partial charge on any atom is 0.0598 e. The van der Waals surface area contributed by atoms with Crippen molar-refractivity contribution in [3.05, 3.63) is 0 Å². The Hall–Kier alpha value is 0.137. The molecule has 0 bridgehead atoms. The zero-order valence-electron chi connectivity index (χ0n) is 32.5. The fraction of sp³-hybridized carbons (Fsp3) is 1.00. The van der Waals surface area contributed by atoms with Crippen molar-refractivity contribution < 1.29 is 4.74 Å². The molecular formula is C45H79NOSi. The molecule has 8 fully saturated rings. The summed E-state index contributed by atoms with van der Waals surface area (Å²) >= 11 is 0. The van der Waals surface area contributed by atoms with Crippen molar-refractivity contribution in [2.24, 2.45) is 47.3 Å². The first kappa shape index (κ1) is 35.2. The molecule has 0 N–H and O–H groups in total. The Kier molecular flexibility index (Phi) is 10.9. The van der Waals surface area contributed by atoms with Crippen molar-refractivity contribution in [1.82, 2.24) is 4.90 Å². The number of hydrogen-bond donors (Lipinski definition) is 0. The summed E-state index contributed by atoms with van der Waals surface area (Å²) in [6.45, 7) is 10.8. The summed E-state index contributed by atoms with van der Waals surface area (Å²) in [5, 5.41) is 0. The number of rotatable bonds is 10. The molecule has 0 amide bonds. The van der Waals surface area contributed by atoms with Crippen molar-refractivity contribution in [3.8, 4) is 0 Å². The lowest BCUT2D eigenvalue weighted by Gasteiger charge is -2.52. The second-order valence-corrected chi connectivity index (χ2v) is 25.7. The van der Waals surface area contributed by atoms with Gasteiger partial charge in [-0.1, -0.05) is 122 Å². The van der Waals surface area contributed by atoms with Crippen molar-refractivity contribution in [2.45, 2.75) is 229 Å². The third-order valence-corrected chi connectivity index (χ3v) is 23.6. The van der Waals surface area contributed by atoms with Crippen LogP contribution in [0.3, 0.4) is 0 Å². The number of hydrogen-bond acceptors (Lipinski definition) is 2.